The van der Waals surface area contributed by atoms with Crippen molar-refractivity contribution in [3.8, 4) is 16.9 Å². The molecule has 0 aromatic heterocycles. The first-order valence-corrected chi connectivity index (χ1v) is 9.90. The van der Waals surface area contributed by atoms with Crippen molar-refractivity contribution in [1.29, 1.82) is 0 Å². The van der Waals surface area contributed by atoms with Crippen LogP contribution in [0.1, 0.15) is 37.6 Å². The second-order valence-electron chi connectivity index (χ2n) is 8.29. The minimum Gasteiger partial charge on any atom is -0.488 e. The number of methoxy groups -OCH3 is 1. The molecule has 2 aromatic carbocycles. The zero-order valence-electron chi connectivity index (χ0n) is 17.9. The van der Waals surface area contributed by atoms with Crippen LogP contribution in [0.5, 0.6) is 5.75 Å². The Hall–Kier alpha value is -3.16. The van der Waals surface area contributed by atoms with Gasteiger partial charge in [-0.25, -0.2) is 18.4 Å². The Kier molecular flexibility index (Phi) is 6.48. The Bertz CT molecular complexity index is 986. The van der Waals surface area contributed by atoms with Gasteiger partial charge in [0.05, 0.1) is 19.2 Å². The molecule has 0 spiro atoms. The van der Waals surface area contributed by atoms with E-state index in [0.717, 1.165) is 12.1 Å². The van der Waals surface area contributed by atoms with Gasteiger partial charge in [0, 0.05) is 18.5 Å². The quantitative estimate of drug-likeness (QED) is 0.648. The largest absolute Gasteiger partial charge is 0.488 e. The lowest BCUT2D eigenvalue weighted by Gasteiger charge is -2.24. The number of benzene rings is 2. The van der Waals surface area contributed by atoms with Crippen LogP contribution in [0.15, 0.2) is 36.4 Å². The molecule has 1 saturated heterocycles. The minimum atomic E-state index is -0.988. The number of rotatable bonds is 4. The lowest BCUT2D eigenvalue weighted by molar-refractivity contribution is 0.0275. The van der Waals surface area contributed by atoms with E-state index in [9.17, 15) is 18.4 Å². The molecule has 1 aliphatic rings. The third-order valence-corrected chi connectivity index (χ3v) is 4.72. The average Bonchev–Trinajstić information content (AvgIpc) is 3.17. The highest BCUT2D eigenvalue weighted by Crippen LogP contribution is 2.34. The molecule has 166 valence electrons. The Balaban J connectivity index is 1.85. The first kappa shape index (κ1) is 22.5. The minimum absolute atomic E-state index is 0.255. The van der Waals surface area contributed by atoms with Crippen molar-refractivity contribution in [2.75, 3.05) is 20.2 Å². The van der Waals surface area contributed by atoms with E-state index in [1.807, 2.05) is 0 Å². The number of carbonyl (C=O) groups is 2. The third-order valence-electron chi connectivity index (χ3n) is 4.72. The van der Waals surface area contributed by atoms with Gasteiger partial charge in [0.2, 0.25) is 0 Å². The molecular formula is C23H25F2NO5. The van der Waals surface area contributed by atoms with Gasteiger partial charge in [-0.3, -0.25) is 0 Å². The average molecular weight is 433 g/mol. The van der Waals surface area contributed by atoms with E-state index in [1.54, 1.807) is 31.7 Å². The lowest BCUT2D eigenvalue weighted by Crippen LogP contribution is -2.36. The molecule has 1 amide bonds. The number of likely N-dealkylation sites (tertiary alicyclic amines) is 1. The number of carbonyl (C=O) groups excluding carboxylic acids is 2. The Morgan fingerprint density at radius 3 is 2.45 bits per heavy atom. The van der Waals surface area contributed by atoms with Gasteiger partial charge in [-0.2, -0.15) is 0 Å². The van der Waals surface area contributed by atoms with Crippen molar-refractivity contribution in [3.63, 3.8) is 0 Å². The van der Waals surface area contributed by atoms with Crippen molar-refractivity contribution in [1.82, 2.24) is 4.90 Å². The van der Waals surface area contributed by atoms with Crippen LogP contribution >= 0.6 is 0 Å². The maximum absolute atomic E-state index is 13.8. The molecule has 0 N–H and O–H groups in total. The lowest BCUT2D eigenvalue weighted by atomic mass is 10.0. The molecule has 6 nitrogen and oxygen atoms in total. The molecule has 0 bridgehead atoms. The van der Waals surface area contributed by atoms with Crippen molar-refractivity contribution in [2.45, 2.75) is 38.9 Å². The van der Waals surface area contributed by atoms with E-state index < -0.39 is 29.3 Å². The summed E-state index contributed by atoms with van der Waals surface area (Å²) in [5.41, 5.74) is 0.533. The van der Waals surface area contributed by atoms with E-state index in [1.165, 1.54) is 25.3 Å². The fraction of sp³-hybridized carbons (Fsp3) is 0.391. The first-order chi connectivity index (χ1) is 14.6. The molecule has 0 radical (unpaired) electrons. The van der Waals surface area contributed by atoms with Crippen molar-refractivity contribution in [3.05, 3.63) is 53.6 Å². The van der Waals surface area contributed by atoms with E-state index in [4.69, 9.17) is 14.2 Å². The number of halogens is 2. The maximum Gasteiger partial charge on any atom is 0.410 e. The molecule has 1 heterocycles. The summed E-state index contributed by atoms with van der Waals surface area (Å²) in [6, 6.07) is 8.14. The van der Waals surface area contributed by atoms with Gasteiger partial charge in [-0.05, 0) is 56.7 Å². The molecule has 2 aromatic rings. The zero-order chi connectivity index (χ0) is 22.8. The normalized spacial score (nSPS) is 16.2. The van der Waals surface area contributed by atoms with E-state index in [2.05, 4.69) is 0 Å². The van der Waals surface area contributed by atoms with Crippen LogP contribution < -0.4 is 4.74 Å². The zero-order valence-corrected chi connectivity index (χ0v) is 17.9. The molecule has 3 rings (SSSR count). The Morgan fingerprint density at radius 2 is 1.81 bits per heavy atom. The summed E-state index contributed by atoms with van der Waals surface area (Å²) in [4.78, 5) is 25.8. The predicted octanol–water partition coefficient (Wildman–Crippen LogP) is 4.81. The maximum atomic E-state index is 13.8. The molecule has 1 atom stereocenters. The Labute approximate surface area is 179 Å². The van der Waals surface area contributed by atoms with E-state index >= 15 is 0 Å². The molecular weight excluding hydrogens is 408 g/mol. The predicted molar refractivity (Wildman–Crippen MR) is 110 cm³/mol. The van der Waals surface area contributed by atoms with Crippen LogP contribution in [0, 0.1) is 11.6 Å². The summed E-state index contributed by atoms with van der Waals surface area (Å²) < 4.78 is 43.4. The van der Waals surface area contributed by atoms with Crippen LogP contribution in [-0.2, 0) is 9.47 Å². The SMILES string of the molecule is COC(=O)c1ccc(-c2ccc(F)c(F)c2)c(OC2CCN(C(=O)OC(C)(C)C)C2)c1. The summed E-state index contributed by atoms with van der Waals surface area (Å²) in [5.74, 6) is -2.19. The molecule has 0 aliphatic carbocycles. The highest BCUT2D eigenvalue weighted by Gasteiger charge is 2.31. The summed E-state index contributed by atoms with van der Waals surface area (Å²) >= 11 is 0. The number of hydrogen-bond acceptors (Lipinski definition) is 5. The van der Waals surface area contributed by atoms with Gasteiger partial charge in [0.1, 0.15) is 17.5 Å². The molecule has 31 heavy (non-hydrogen) atoms. The van der Waals surface area contributed by atoms with Gasteiger partial charge in [-0.15, -0.1) is 0 Å². The van der Waals surface area contributed by atoms with E-state index in [-0.39, 0.29) is 11.7 Å². The Morgan fingerprint density at radius 1 is 1.06 bits per heavy atom. The molecule has 0 saturated carbocycles. The van der Waals surface area contributed by atoms with Gasteiger partial charge >= 0.3 is 12.1 Å². The van der Waals surface area contributed by atoms with Crippen LogP contribution in [0.2, 0.25) is 0 Å². The van der Waals surface area contributed by atoms with Crippen LogP contribution in [-0.4, -0.2) is 48.9 Å². The smallest absolute Gasteiger partial charge is 0.410 e. The van der Waals surface area contributed by atoms with Gasteiger partial charge in [0.15, 0.2) is 11.6 Å². The highest BCUT2D eigenvalue weighted by atomic mass is 19.2. The standard InChI is InChI=1S/C23H25F2NO5/c1-23(2,3)31-22(28)26-10-9-16(13-26)30-20-12-15(21(27)29-4)5-7-17(20)14-6-8-18(24)19(25)11-14/h5-8,11-12,16H,9-10,13H2,1-4H3. The monoisotopic (exact) mass is 433 g/mol. The van der Waals surface area contributed by atoms with E-state index in [0.29, 0.717) is 36.4 Å². The molecule has 1 fully saturated rings. The van der Waals surface area contributed by atoms with Crippen molar-refractivity contribution in [2.24, 2.45) is 0 Å². The van der Waals surface area contributed by atoms with Crippen LogP contribution in [0.25, 0.3) is 11.1 Å². The third kappa shape index (κ3) is 5.51. The number of amides is 1. The molecule has 1 aliphatic heterocycles. The van der Waals surface area contributed by atoms with Gasteiger partial charge in [0.25, 0.3) is 0 Å². The number of esters is 1. The first-order valence-electron chi connectivity index (χ1n) is 9.90. The van der Waals surface area contributed by atoms with Crippen LogP contribution in [0.3, 0.4) is 0 Å². The number of hydrogen-bond donors (Lipinski definition) is 0. The fourth-order valence-corrected chi connectivity index (χ4v) is 3.26. The second kappa shape index (κ2) is 8.91. The van der Waals surface area contributed by atoms with Gasteiger partial charge in [-0.1, -0.05) is 6.07 Å². The summed E-state index contributed by atoms with van der Waals surface area (Å²) in [6.45, 7) is 6.13. The molecule has 8 heteroatoms. The van der Waals surface area contributed by atoms with Crippen LogP contribution in [0.4, 0.5) is 13.6 Å². The van der Waals surface area contributed by atoms with Crippen molar-refractivity contribution >= 4 is 12.1 Å². The van der Waals surface area contributed by atoms with Crippen molar-refractivity contribution < 1.29 is 32.6 Å². The topological polar surface area (TPSA) is 65.1 Å². The highest BCUT2D eigenvalue weighted by molar-refractivity contribution is 5.91. The number of ether oxygens (including phenoxy) is 3. The second-order valence-corrected chi connectivity index (χ2v) is 8.29. The fourth-order valence-electron chi connectivity index (χ4n) is 3.26. The molecule has 1 unspecified atom stereocenters. The summed E-state index contributed by atoms with van der Waals surface area (Å²) in [5, 5.41) is 0. The summed E-state index contributed by atoms with van der Waals surface area (Å²) in [6.07, 6.45) is -0.231. The summed E-state index contributed by atoms with van der Waals surface area (Å²) in [7, 11) is 1.27. The number of nitrogens with zero attached hydrogens (tertiary/aromatic N) is 1. The van der Waals surface area contributed by atoms with Gasteiger partial charge < -0.3 is 19.1 Å².